The number of thiazole rings is 1. The van der Waals surface area contributed by atoms with E-state index in [1.54, 1.807) is 11.3 Å². The molecule has 20 heavy (non-hydrogen) atoms. The average Bonchev–Trinajstić information content (AvgIpc) is 2.96. The molecule has 2 heterocycles. The van der Waals surface area contributed by atoms with Crippen LogP contribution >= 0.6 is 22.9 Å². The topological polar surface area (TPSA) is 17.3 Å². The number of fused-ring (bicyclic) bond motifs is 3. The molecule has 4 heteroatoms. The summed E-state index contributed by atoms with van der Waals surface area (Å²) in [5.41, 5.74) is 4.56. The van der Waals surface area contributed by atoms with Gasteiger partial charge in [0.25, 0.3) is 0 Å². The van der Waals surface area contributed by atoms with E-state index in [4.69, 9.17) is 16.6 Å². The minimum atomic E-state index is 0.746. The molecule has 0 atom stereocenters. The second kappa shape index (κ2) is 4.33. The van der Waals surface area contributed by atoms with Crippen LogP contribution in [0.4, 0.5) is 0 Å². The summed E-state index contributed by atoms with van der Waals surface area (Å²) in [4.78, 5) is 5.74. The van der Waals surface area contributed by atoms with E-state index in [0.29, 0.717) is 0 Å². The van der Waals surface area contributed by atoms with Crippen molar-refractivity contribution in [2.45, 2.75) is 6.92 Å². The fourth-order valence-electron chi connectivity index (χ4n) is 2.37. The Morgan fingerprint density at radius 2 is 1.90 bits per heavy atom. The van der Waals surface area contributed by atoms with Crippen LogP contribution in [0.25, 0.3) is 26.4 Å². The van der Waals surface area contributed by atoms with Crippen molar-refractivity contribution in [3.8, 4) is 11.3 Å². The third-order valence-electron chi connectivity index (χ3n) is 3.39. The lowest BCUT2D eigenvalue weighted by Gasteiger charge is -1.96. The molecule has 98 valence electrons. The van der Waals surface area contributed by atoms with E-state index < -0.39 is 0 Å². The van der Waals surface area contributed by atoms with Crippen LogP contribution in [0.3, 0.4) is 0 Å². The Kier molecular flexibility index (Phi) is 2.59. The molecule has 0 amide bonds. The lowest BCUT2D eigenvalue weighted by atomic mass is 10.2. The standard InChI is InChI=1S/C16H11ClN2S/c1-10-2-7-14-15(8-10)20-16-18-13(9-19(14)16)11-3-5-12(17)6-4-11/h2-9H,1H3. The van der Waals surface area contributed by atoms with Gasteiger partial charge in [0.2, 0.25) is 0 Å². The zero-order valence-electron chi connectivity index (χ0n) is 10.8. The van der Waals surface area contributed by atoms with Crippen LogP contribution < -0.4 is 0 Å². The van der Waals surface area contributed by atoms with Crippen molar-refractivity contribution >= 4 is 38.1 Å². The number of nitrogens with zero attached hydrogens (tertiary/aromatic N) is 2. The number of aromatic nitrogens is 2. The van der Waals surface area contributed by atoms with Crippen LogP contribution in [-0.4, -0.2) is 9.38 Å². The van der Waals surface area contributed by atoms with Gasteiger partial charge in [-0.15, -0.1) is 0 Å². The van der Waals surface area contributed by atoms with Gasteiger partial charge in [0.1, 0.15) is 0 Å². The number of halogens is 1. The van der Waals surface area contributed by atoms with Crippen LogP contribution in [0, 0.1) is 6.92 Å². The highest BCUT2D eigenvalue weighted by atomic mass is 35.5. The van der Waals surface area contributed by atoms with Crippen LogP contribution in [0.5, 0.6) is 0 Å². The van der Waals surface area contributed by atoms with E-state index in [1.165, 1.54) is 15.8 Å². The first-order valence-electron chi connectivity index (χ1n) is 6.35. The normalized spacial score (nSPS) is 11.5. The fourth-order valence-corrected chi connectivity index (χ4v) is 3.60. The summed E-state index contributed by atoms with van der Waals surface area (Å²) >= 11 is 7.65. The van der Waals surface area contributed by atoms with Crippen LogP contribution in [0.2, 0.25) is 5.02 Å². The molecule has 0 aliphatic heterocycles. The zero-order chi connectivity index (χ0) is 13.7. The maximum Gasteiger partial charge on any atom is 0.195 e. The van der Waals surface area contributed by atoms with Crippen molar-refractivity contribution in [1.29, 1.82) is 0 Å². The van der Waals surface area contributed by atoms with E-state index in [0.717, 1.165) is 21.2 Å². The monoisotopic (exact) mass is 298 g/mol. The predicted molar refractivity (Wildman–Crippen MR) is 85.8 cm³/mol. The van der Waals surface area contributed by atoms with Gasteiger partial charge in [0, 0.05) is 16.8 Å². The molecule has 0 saturated carbocycles. The van der Waals surface area contributed by atoms with E-state index in [2.05, 4.69) is 35.7 Å². The number of imidazole rings is 1. The average molecular weight is 299 g/mol. The molecule has 0 spiro atoms. The molecular formula is C16H11ClN2S. The Labute approximate surface area is 125 Å². The van der Waals surface area contributed by atoms with Crippen molar-refractivity contribution in [2.24, 2.45) is 0 Å². The lowest BCUT2D eigenvalue weighted by molar-refractivity contribution is 1.29. The third kappa shape index (κ3) is 1.82. The van der Waals surface area contributed by atoms with Gasteiger partial charge in [-0.25, -0.2) is 4.98 Å². The molecule has 0 radical (unpaired) electrons. The molecule has 0 aliphatic carbocycles. The lowest BCUT2D eigenvalue weighted by Crippen LogP contribution is -1.78. The van der Waals surface area contributed by atoms with E-state index >= 15 is 0 Å². The van der Waals surface area contributed by atoms with Gasteiger partial charge in [0.15, 0.2) is 4.96 Å². The summed E-state index contributed by atoms with van der Waals surface area (Å²) in [7, 11) is 0. The molecule has 0 fully saturated rings. The number of rotatable bonds is 1. The molecular weight excluding hydrogens is 288 g/mol. The molecule has 4 aromatic rings. The summed E-state index contributed by atoms with van der Waals surface area (Å²) in [6.07, 6.45) is 2.09. The first-order chi connectivity index (χ1) is 9.70. The number of hydrogen-bond acceptors (Lipinski definition) is 2. The second-order valence-electron chi connectivity index (χ2n) is 4.86. The fraction of sp³-hybridized carbons (Fsp3) is 0.0625. The van der Waals surface area contributed by atoms with Crippen molar-refractivity contribution in [2.75, 3.05) is 0 Å². The maximum atomic E-state index is 5.93. The molecule has 2 aromatic carbocycles. The Hall–Kier alpha value is -1.84. The van der Waals surface area contributed by atoms with Gasteiger partial charge in [-0.1, -0.05) is 41.1 Å². The van der Waals surface area contributed by atoms with E-state index in [9.17, 15) is 0 Å². The van der Waals surface area contributed by atoms with Gasteiger partial charge in [-0.2, -0.15) is 0 Å². The molecule has 0 N–H and O–H groups in total. The van der Waals surface area contributed by atoms with Crippen LogP contribution in [0.15, 0.2) is 48.7 Å². The maximum absolute atomic E-state index is 5.93. The quantitative estimate of drug-likeness (QED) is 0.473. The number of aryl methyl sites for hydroxylation is 1. The molecule has 0 unspecified atom stereocenters. The van der Waals surface area contributed by atoms with Crippen LogP contribution in [-0.2, 0) is 0 Å². The highest BCUT2D eigenvalue weighted by Crippen LogP contribution is 2.30. The smallest absolute Gasteiger partial charge is 0.195 e. The van der Waals surface area contributed by atoms with Crippen molar-refractivity contribution in [1.82, 2.24) is 9.38 Å². The summed E-state index contributed by atoms with van der Waals surface area (Å²) < 4.78 is 3.43. The van der Waals surface area contributed by atoms with Crippen molar-refractivity contribution in [3.05, 3.63) is 59.2 Å². The molecule has 2 aromatic heterocycles. The Morgan fingerprint density at radius 3 is 2.70 bits per heavy atom. The largest absolute Gasteiger partial charge is 0.290 e. The summed E-state index contributed by atoms with van der Waals surface area (Å²) in [6.45, 7) is 2.11. The minimum absolute atomic E-state index is 0.746. The Balaban J connectivity index is 1.93. The van der Waals surface area contributed by atoms with Gasteiger partial charge in [-0.3, -0.25) is 4.40 Å². The Morgan fingerprint density at radius 1 is 1.10 bits per heavy atom. The zero-order valence-corrected chi connectivity index (χ0v) is 12.4. The summed E-state index contributed by atoms with van der Waals surface area (Å²) in [5.74, 6) is 0. The highest BCUT2D eigenvalue weighted by Gasteiger charge is 2.10. The number of hydrogen-bond donors (Lipinski definition) is 0. The summed E-state index contributed by atoms with van der Waals surface area (Å²) in [5, 5.41) is 0.746. The number of benzene rings is 2. The highest BCUT2D eigenvalue weighted by molar-refractivity contribution is 7.23. The molecule has 0 aliphatic rings. The van der Waals surface area contributed by atoms with Gasteiger partial charge in [-0.05, 0) is 36.8 Å². The molecule has 4 rings (SSSR count). The summed E-state index contributed by atoms with van der Waals surface area (Å²) in [6, 6.07) is 14.3. The first-order valence-corrected chi connectivity index (χ1v) is 7.54. The van der Waals surface area contributed by atoms with Gasteiger partial charge < -0.3 is 0 Å². The van der Waals surface area contributed by atoms with E-state index in [-0.39, 0.29) is 0 Å². The van der Waals surface area contributed by atoms with Gasteiger partial charge >= 0.3 is 0 Å². The second-order valence-corrected chi connectivity index (χ2v) is 6.30. The molecule has 2 nitrogen and oxygen atoms in total. The van der Waals surface area contributed by atoms with Gasteiger partial charge in [0.05, 0.1) is 15.9 Å². The van der Waals surface area contributed by atoms with Crippen molar-refractivity contribution < 1.29 is 0 Å². The predicted octanol–water partition coefficient (Wildman–Crippen LogP) is 5.18. The SMILES string of the molecule is Cc1ccc2c(c1)sc1nc(-c3ccc(Cl)cc3)cn12. The third-order valence-corrected chi connectivity index (χ3v) is 4.66. The molecule has 0 bridgehead atoms. The van der Waals surface area contributed by atoms with Crippen molar-refractivity contribution in [3.63, 3.8) is 0 Å². The Bertz CT molecular complexity index is 919. The minimum Gasteiger partial charge on any atom is -0.290 e. The van der Waals surface area contributed by atoms with Crippen LogP contribution in [0.1, 0.15) is 5.56 Å². The van der Waals surface area contributed by atoms with E-state index in [1.807, 2.05) is 24.3 Å². The first kappa shape index (κ1) is 11.9. The molecule has 0 saturated heterocycles.